The number of amides is 1. The maximum Gasteiger partial charge on any atom is 0.416 e. The van der Waals surface area contributed by atoms with Gasteiger partial charge in [0.2, 0.25) is 15.9 Å². The third-order valence-electron chi connectivity index (χ3n) is 15.0. The van der Waals surface area contributed by atoms with Crippen molar-refractivity contribution in [3.8, 4) is 0 Å². The molecule has 5 N–H and O–H groups in total. The van der Waals surface area contributed by atoms with Gasteiger partial charge in [-0.05, 0) is 96.8 Å². The molecule has 0 radical (unpaired) electrons. The molecule has 4 aromatic rings. The summed E-state index contributed by atoms with van der Waals surface area (Å²) in [5.74, 6) is -0.0826. The van der Waals surface area contributed by atoms with E-state index in [1.165, 1.54) is 39.3 Å². The maximum absolute atomic E-state index is 13.6. The minimum atomic E-state index is -4.88. The summed E-state index contributed by atoms with van der Waals surface area (Å²) in [6, 6.07) is 0.147. The summed E-state index contributed by atoms with van der Waals surface area (Å²) >= 11 is 12.7. The Morgan fingerprint density at radius 3 is 1.80 bits per heavy atom. The molecule has 32 heteroatoms. The fourth-order valence-corrected chi connectivity index (χ4v) is 13.4. The van der Waals surface area contributed by atoms with Crippen LogP contribution >= 0.6 is 37.9 Å². The van der Waals surface area contributed by atoms with E-state index in [4.69, 9.17) is 75.3 Å². The monoisotopic (exact) mass is 1240 g/mol. The minimum absolute atomic E-state index is 0.0176. The second-order valence-corrected chi connectivity index (χ2v) is 29.1. The van der Waals surface area contributed by atoms with Crippen LogP contribution in [0.15, 0.2) is 12.4 Å². The van der Waals surface area contributed by atoms with Crippen LogP contribution in [0.3, 0.4) is 0 Å². The number of methoxy groups -OCH3 is 4. The number of carbonyl (C=O) groups is 1. The van der Waals surface area contributed by atoms with Gasteiger partial charge in [0.05, 0.1) is 62.8 Å². The lowest BCUT2D eigenvalue weighted by atomic mass is 10.1. The topological polar surface area (TPSA) is 336 Å². The zero-order valence-corrected chi connectivity index (χ0v) is 51.3. The lowest BCUT2D eigenvalue weighted by Crippen LogP contribution is -2.45. The first-order chi connectivity index (χ1) is 38.6. The predicted molar refractivity (Wildman–Crippen MR) is 298 cm³/mol. The Bertz CT molecular complexity index is 2920. The molecule has 4 aromatic heterocycles. The standard InChI is InChI=1S/C30H47ClN5O9P.C20H31ClN5O9P/c1-28(2,3)45-27(37)35(18-12-10-11-13-18)23-19-14-32-36(24(19)34-26(31)33-23)25-22-21(43-29(4,5)44-22)20(42-25)15-41-30(16-39-6,17-40-7)46(8,9)38;1-32-9-20(10-33-2,36(29,30)31)34-8-13-14(27)15(28)18(35-13)26-17-12(7-22-26)16(24-19(21)25-17)23-11-5-3-4-6-11/h14,18,20-22,25H,10-13,15-17H2,1-9H3;7,11,13-15,18,27-28H,3-6,8-10H2,1-2H3,(H,23,24,25)(H2,29,30,31)/t20-,21-,22-,25-;13-,14-,15-,18-/m11/s1. The van der Waals surface area contributed by atoms with Crippen LogP contribution < -0.4 is 10.2 Å². The first-order valence-electron chi connectivity index (χ1n) is 27.1. The molecular weight excluding hydrogens is 1160 g/mol. The third kappa shape index (κ3) is 13.9. The van der Waals surface area contributed by atoms with E-state index in [1.807, 2.05) is 34.6 Å². The Morgan fingerprint density at radius 2 is 1.23 bits per heavy atom. The summed E-state index contributed by atoms with van der Waals surface area (Å²) in [4.78, 5) is 52.5. The Hall–Kier alpha value is -3.35. The zero-order chi connectivity index (χ0) is 59.7. The van der Waals surface area contributed by atoms with E-state index in [9.17, 15) is 33.9 Å². The lowest BCUT2D eigenvalue weighted by Gasteiger charge is -2.37. The average Bonchev–Trinajstić information content (AvgIpc) is 4.40. The van der Waals surface area contributed by atoms with E-state index >= 15 is 0 Å². The van der Waals surface area contributed by atoms with Crippen molar-refractivity contribution in [2.75, 3.05) is 91.6 Å². The highest BCUT2D eigenvalue weighted by atomic mass is 35.5. The number of hydrogen-bond donors (Lipinski definition) is 5. The summed E-state index contributed by atoms with van der Waals surface area (Å²) < 4.78 is 92.0. The SMILES string of the molecule is COCC(COC)(OC[C@H]1O[C@@H](n2ncc3c(N(C(=O)OC(C)(C)C)C4CCCC4)nc(Cl)nc32)[C@@H]2OC(C)(C)O[C@@H]21)P(C)(C)=O.COCC(COC)(OC[C@H]1O[C@@H](n2ncc3c(NC4CCCC4)nc(Cl)nc32)[C@H](O)[C@@H]1O)P(=O)(O)O. The number of aliphatic hydroxyl groups excluding tert-OH is 2. The molecule has 28 nitrogen and oxygen atoms in total. The maximum atomic E-state index is 13.6. The third-order valence-corrected chi connectivity index (χ3v) is 19.1. The molecule has 3 saturated heterocycles. The van der Waals surface area contributed by atoms with Crippen molar-refractivity contribution in [3.63, 3.8) is 0 Å². The number of hydrogen-bond acceptors (Lipinski definition) is 23. The molecule has 3 aliphatic heterocycles. The molecule has 0 bridgehead atoms. The number of rotatable bonds is 22. The molecule has 82 heavy (non-hydrogen) atoms. The van der Waals surface area contributed by atoms with Crippen molar-refractivity contribution >= 4 is 77.7 Å². The second-order valence-electron chi connectivity index (χ2n) is 23.0. The average molecular weight is 1240 g/mol. The van der Waals surface area contributed by atoms with Gasteiger partial charge < -0.3 is 82.0 Å². The molecule has 8 atom stereocenters. The van der Waals surface area contributed by atoms with E-state index in [1.54, 1.807) is 29.1 Å². The number of aromatic nitrogens is 8. The Labute approximate surface area is 485 Å². The van der Waals surface area contributed by atoms with Crippen molar-refractivity contribution in [3.05, 3.63) is 23.0 Å². The Morgan fingerprint density at radius 1 is 0.732 bits per heavy atom. The van der Waals surface area contributed by atoms with Gasteiger partial charge in [-0.2, -0.15) is 30.1 Å². The van der Waals surface area contributed by atoms with Gasteiger partial charge in [0, 0.05) is 40.5 Å². The summed E-state index contributed by atoms with van der Waals surface area (Å²) in [5.41, 5.74) is -0.0609. The smallest absolute Gasteiger partial charge is 0.416 e. The van der Waals surface area contributed by atoms with E-state index < -0.39 is 112 Å². The number of nitrogens with zero attached hydrogens (tertiary/aromatic N) is 9. The minimum Gasteiger partial charge on any atom is -0.443 e. The van der Waals surface area contributed by atoms with Crippen molar-refractivity contribution in [2.24, 2.45) is 0 Å². The normalized spacial score (nSPS) is 25.5. The van der Waals surface area contributed by atoms with E-state index in [-0.39, 0.29) is 48.1 Å². The quantitative estimate of drug-likeness (QED) is 0.0455. The molecule has 2 aliphatic carbocycles. The van der Waals surface area contributed by atoms with E-state index in [0.29, 0.717) is 28.1 Å². The van der Waals surface area contributed by atoms with Crippen LogP contribution in [-0.2, 0) is 61.2 Å². The highest BCUT2D eigenvalue weighted by Gasteiger charge is 2.58. The molecule has 0 spiro atoms. The number of carbonyl (C=O) groups excluding carboxylic acids is 1. The number of anilines is 2. The van der Waals surface area contributed by atoms with Gasteiger partial charge in [0.15, 0.2) is 40.7 Å². The summed E-state index contributed by atoms with van der Waals surface area (Å²) in [7, 11) is -2.20. The molecule has 1 amide bonds. The molecule has 2 saturated carbocycles. The van der Waals surface area contributed by atoms with Crippen LogP contribution in [-0.4, -0.2) is 218 Å². The van der Waals surface area contributed by atoms with Gasteiger partial charge in [-0.15, -0.1) is 0 Å². The highest BCUT2D eigenvalue weighted by Crippen LogP contribution is 2.54. The number of ether oxygens (including phenoxy) is 11. The number of fused-ring (bicyclic) bond motifs is 3. The van der Waals surface area contributed by atoms with Gasteiger partial charge in [0.25, 0.3) is 0 Å². The molecular formula is C50H78Cl2N10O18P2. The number of aliphatic hydroxyl groups is 2. The van der Waals surface area contributed by atoms with Gasteiger partial charge >= 0.3 is 13.7 Å². The van der Waals surface area contributed by atoms with Crippen LogP contribution in [0.2, 0.25) is 10.6 Å². The Kier molecular flexibility index (Phi) is 20.4. The molecule has 0 unspecified atom stereocenters. The van der Waals surface area contributed by atoms with Crippen molar-refractivity contribution < 1.29 is 86.0 Å². The lowest BCUT2D eigenvalue weighted by molar-refractivity contribution is -0.208. The summed E-state index contributed by atoms with van der Waals surface area (Å²) in [5, 5.41) is 31.4. The first kappa shape index (κ1) is 64.6. The fraction of sp³-hybridized carbons (Fsp3) is 0.780. The molecule has 9 rings (SSSR count). The largest absolute Gasteiger partial charge is 0.443 e. The van der Waals surface area contributed by atoms with Crippen LogP contribution in [0, 0.1) is 0 Å². The van der Waals surface area contributed by atoms with E-state index in [2.05, 4.69) is 35.5 Å². The predicted octanol–water partition coefficient (Wildman–Crippen LogP) is 5.85. The zero-order valence-electron chi connectivity index (χ0n) is 48.0. The highest BCUT2D eigenvalue weighted by molar-refractivity contribution is 7.63. The van der Waals surface area contributed by atoms with Gasteiger partial charge in [0.1, 0.15) is 55.2 Å². The van der Waals surface area contributed by atoms with Crippen LogP contribution in [0.5, 0.6) is 0 Å². The van der Waals surface area contributed by atoms with E-state index in [0.717, 1.165) is 51.4 Å². The van der Waals surface area contributed by atoms with Crippen molar-refractivity contribution in [1.82, 2.24) is 39.5 Å². The first-order valence-corrected chi connectivity index (χ1v) is 32.0. The molecule has 0 aromatic carbocycles. The molecule has 7 heterocycles. The van der Waals surface area contributed by atoms with Crippen LogP contribution in [0.4, 0.5) is 16.4 Å². The fourth-order valence-electron chi connectivity index (χ4n) is 11.0. The molecule has 460 valence electrons. The number of nitrogens with one attached hydrogen (secondary N) is 1. The van der Waals surface area contributed by atoms with Gasteiger partial charge in [-0.25, -0.2) is 14.2 Å². The Balaban J connectivity index is 0.000000221. The van der Waals surface area contributed by atoms with Gasteiger partial charge in [-0.1, -0.05) is 25.7 Å². The molecule has 5 aliphatic rings. The van der Waals surface area contributed by atoms with Crippen molar-refractivity contribution in [2.45, 2.75) is 169 Å². The summed E-state index contributed by atoms with van der Waals surface area (Å²) in [6.45, 7) is 11.1. The van der Waals surface area contributed by atoms with Crippen LogP contribution in [0.25, 0.3) is 22.1 Å². The second kappa shape index (κ2) is 25.9. The summed E-state index contributed by atoms with van der Waals surface area (Å²) in [6.07, 6.45) is 2.66. The molecule has 5 fully saturated rings. The van der Waals surface area contributed by atoms with Gasteiger partial charge in [-0.3, -0.25) is 9.46 Å². The van der Waals surface area contributed by atoms with Crippen molar-refractivity contribution in [1.29, 1.82) is 0 Å². The number of halogens is 2. The van der Waals surface area contributed by atoms with Crippen LogP contribution in [0.1, 0.15) is 98.4 Å².